The molecule has 5 nitrogen and oxygen atoms in total. The van der Waals surface area contributed by atoms with Crippen molar-refractivity contribution in [2.45, 2.75) is 0 Å². The first kappa shape index (κ1) is 36.0. The largest absolute Gasteiger partial charge is 0.454 e. The number of nitrogens with zero attached hydrogens (tertiary/aromatic N) is 4. The second-order valence-electron chi connectivity index (χ2n) is 16.3. The second-order valence-corrected chi connectivity index (χ2v) is 16.3. The minimum absolute atomic E-state index is 0.664. The minimum atomic E-state index is 0.664. The number of benzene rings is 9. The molecule has 0 amide bonds. The molecule has 4 heterocycles. The van der Waals surface area contributed by atoms with E-state index in [2.05, 4.69) is 205 Å². The number of aromatic nitrogens is 4. The van der Waals surface area contributed by atoms with E-state index in [1.165, 1.54) is 27.2 Å². The highest BCUT2D eigenvalue weighted by Gasteiger charge is 2.22. The molecule has 0 fully saturated rings. The lowest BCUT2D eigenvalue weighted by molar-refractivity contribution is 0.669. The van der Waals surface area contributed by atoms with E-state index in [4.69, 9.17) is 19.4 Å². The van der Waals surface area contributed by atoms with Crippen LogP contribution in [0.2, 0.25) is 0 Å². The van der Waals surface area contributed by atoms with Gasteiger partial charge in [-0.1, -0.05) is 176 Å². The quantitative estimate of drug-likeness (QED) is 0.168. The highest BCUT2D eigenvalue weighted by molar-refractivity contribution is 6.25. The number of hydrogen-bond donors (Lipinski definition) is 0. The van der Waals surface area contributed by atoms with Gasteiger partial charge in [0.05, 0.1) is 27.9 Å². The van der Waals surface area contributed by atoms with Crippen molar-refractivity contribution in [3.63, 3.8) is 0 Å². The Balaban J connectivity index is 0.927. The Labute approximate surface area is 368 Å². The Morgan fingerprint density at radius 2 is 0.938 bits per heavy atom. The number of hydrogen-bond acceptors (Lipinski definition) is 4. The molecule has 0 aliphatic carbocycles. The Morgan fingerprint density at radius 1 is 0.375 bits per heavy atom. The van der Waals surface area contributed by atoms with Gasteiger partial charge in [0.1, 0.15) is 11.3 Å². The summed E-state index contributed by atoms with van der Waals surface area (Å²) in [5.74, 6) is 0.664. The molecule has 0 atom stereocenters. The van der Waals surface area contributed by atoms with Crippen LogP contribution in [0.15, 0.2) is 223 Å². The van der Waals surface area contributed by atoms with E-state index < -0.39 is 0 Å². The number of rotatable bonds is 6. The molecule has 0 bridgehead atoms. The van der Waals surface area contributed by atoms with Gasteiger partial charge < -0.3 is 8.98 Å². The molecule has 0 aliphatic rings. The van der Waals surface area contributed by atoms with Gasteiger partial charge in [-0.15, -0.1) is 0 Å². The summed E-state index contributed by atoms with van der Waals surface area (Å²) in [5.41, 5.74) is 14.8. The third-order valence-electron chi connectivity index (χ3n) is 12.6. The topological polar surface area (TPSA) is 56.7 Å². The van der Waals surface area contributed by atoms with Gasteiger partial charge in [-0.2, -0.15) is 0 Å². The van der Waals surface area contributed by atoms with Crippen molar-refractivity contribution in [2.75, 3.05) is 0 Å². The second kappa shape index (κ2) is 14.5. The summed E-state index contributed by atoms with van der Waals surface area (Å²) in [7, 11) is 0. The van der Waals surface area contributed by atoms with Crippen molar-refractivity contribution in [1.29, 1.82) is 0 Å². The number of furan rings is 1. The first-order chi connectivity index (χ1) is 31.7. The Kier molecular flexibility index (Phi) is 8.15. The number of pyridine rings is 1. The lowest BCUT2D eigenvalue weighted by Crippen LogP contribution is -1.97. The third kappa shape index (κ3) is 5.75. The van der Waals surface area contributed by atoms with Crippen molar-refractivity contribution in [2.24, 2.45) is 0 Å². The van der Waals surface area contributed by atoms with Crippen LogP contribution in [-0.4, -0.2) is 19.5 Å². The zero-order chi connectivity index (χ0) is 42.1. The molecular formula is C59H36N4O. The van der Waals surface area contributed by atoms with E-state index in [-0.39, 0.29) is 0 Å². The maximum Gasteiger partial charge on any atom is 0.162 e. The lowest BCUT2D eigenvalue weighted by Gasteiger charge is -2.13. The van der Waals surface area contributed by atoms with Crippen molar-refractivity contribution in [1.82, 2.24) is 19.5 Å². The van der Waals surface area contributed by atoms with Gasteiger partial charge in [0, 0.05) is 54.9 Å². The van der Waals surface area contributed by atoms with Crippen LogP contribution in [0.5, 0.6) is 0 Å². The molecule has 0 saturated carbocycles. The zero-order valence-corrected chi connectivity index (χ0v) is 34.5. The Bertz CT molecular complexity index is 3880. The fraction of sp³-hybridized carbons (Fsp3) is 0. The van der Waals surface area contributed by atoms with Crippen LogP contribution in [-0.2, 0) is 0 Å². The summed E-state index contributed by atoms with van der Waals surface area (Å²) in [4.78, 5) is 15.8. The monoisotopic (exact) mass is 816 g/mol. The van der Waals surface area contributed by atoms with Gasteiger partial charge in [0.15, 0.2) is 11.4 Å². The van der Waals surface area contributed by atoms with Crippen molar-refractivity contribution >= 4 is 65.4 Å². The Morgan fingerprint density at radius 3 is 1.69 bits per heavy atom. The molecule has 0 saturated heterocycles. The molecule has 0 radical (unpaired) electrons. The summed E-state index contributed by atoms with van der Waals surface area (Å²) in [6.45, 7) is 0. The number of fused-ring (bicyclic) bond motifs is 9. The van der Waals surface area contributed by atoms with Crippen LogP contribution >= 0.6 is 0 Å². The normalized spacial score (nSPS) is 11.8. The van der Waals surface area contributed by atoms with Crippen LogP contribution in [0, 0.1) is 0 Å². The molecule has 298 valence electrons. The molecule has 0 unspecified atom stereocenters. The van der Waals surface area contributed by atoms with E-state index in [9.17, 15) is 0 Å². The molecule has 64 heavy (non-hydrogen) atoms. The van der Waals surface area contributed by atoms with E-state index in [1.807, 2.05) is 18.2 Å². The van der Waals surface area contributed by atoms with Crippen LogP contribution in [0.25, 0.3) is 127 Å². The molecule has 0 N–H and O–H groups in total. The molecule has 5 heteroatoms. The maximum atomic E-state index is 6.74. The fourth-order valence-electron chi connectivity index (χ4n) is 9.64. The standard InChI is InChI=1S/C59H36N4O/c1-2-15-39(16-3-1)50-36-51(40-32-34-42(35-33-40)63-52-25-9-6-19-45(52)46-20-7-10-26-53(46)63)62-59(61-50)41-30-28-38(29-31-41)44-22-13-24-49-55(44)56-48-21-8-11-27-54(48)64-58(56)57(60-49)47-23-12-17-37-14-4-5-18-43(37)47/h1-36H. The molecule has 4 aromatic heterocycles. The average Bonchev–Trinajstić information content (AvgIpc) is 3.93. The summed E-state index contributed by atoms with van der Waals surface area (Å²) in [5, 5.41) is 7.99. The molecule has 0 spiro atoms. The predicted molar refractivity (Wildman–Crippen MR) is 264 cm³/mol. The summed E-state index contributed by atoms with van der Waals surface area (Å²) in [6, 6.07) is 76.6. The molecule has 0 aliphatic heterocycles. The van der Waals surface area contributed by atoms with Gasteiger partial charge in [0.2, 0.25) is 0 Å². The molecular weight excluding hydrogens is 781 g/mol. The molecule has 13 aromatic rings. The molecule has 13 rings (SSSR count). The number of para-hydroxylation sites is 3. The van der Waals surface area contributed by atoms with Gasteiger partial charge in [-0.05, 0) is 64.4 Å². The van der Waals surface area contributed by atoms with Crippen molar-refractivity contribution in [3.8, 4) is 62.0 Å². The van der Waals surface area contributed by atoms with Crippen LogP contribution in [0.3, 0.4) is 0 Å². The van der Waals surface area contributed by atoms with Crippen molar-refractivity contribution < 1.29 is 4.42 Å². The molecule has 9 aromatic carbocycles. The maximum absolute atomic E-state index is 6.74. The van der Waals surface area contributed by atoms with E-state index in [0.29, 0.717) is 5.82 Å². The van der Waals surface area contributed by atoms with E-state index in [1.54, 1.807) is 0 Å². The van der Waals surface area contributed by atoms with Crippen LogP contribution in [0.1, 0.15) is 0 Å². The highest BCUT2D eigenvalue weighted by Crippen LogP contribution is 2.44. The highest BCUT2D eigenvalue weighted by atomic mass is 16.3. The average molecular weight is 817 g/mol. The van der Waals surface area contributed by atoms with Gasteiger partial charge in [-0.3, -0.25) is 0 Å². The van der Waals surface area contributed by atoms with Gasteiger partial charge in [0.25, 0.3) is 0 Å². The summed E-state index contributed by atoms with van der Waals surface area (Å²) in [6.07, 6.45) is 0. The first-order valence-electron chi connectivity index (χ1n) is 21.6. The van der Waals surface area contributed by atoms with Crippen LogP contribution in [0.4, 0.5) is 0 Å². The van der Waals surface area contributed by atoms with Crippen molar-refractivity contribution in [3.05, 3.63) is 218 Å². The minimum Gasteiger partial charge on any atom is -0.454 e. The fourth-order valence-corrected chi connectivity index (χ4v) is 9.64. The Hall–Kier alpha value is -8.67. The lowest BCUT2D eigenvalue weighted by atomic mass is 9.94. The van der Waals surface area contributed by atoms with Gasteiger partial charge in [-0.25, -0.2) is 15.0 Å². The van der Waals surface area contributed by atoms with E-state index in [0.717, 1.165) is 94.4 Å². The predicted octanol–water partition coefficient (Wildman–Crippen LogP) is 15.5. The first-order valence-corrected chi connectivity index (χ1v) is 21.6. The zero-order valence-electron chi connectivity index (χ0n) is 34.5. The van der Waals surface area contributed by atoms with E-state index >= 15 is 0 Å². The van der Waals surface area contributed by atoms with Gasteiger partial charge >= 0.3 is 0 Å². The summed E-state index contributed by atoms with van der Waals surface area (Å²) >= 11 is 0. The third-order valence-corrected chi connectivity index (χ3v) is 12.6. The summed E-state index contributed by atoms with van der Waals surface area (Å²) < 4.78 is 9.08. The van der Waals surface area contributed by atoms with Crippen LogP contribution < -0.4 is 0 Å². The smallest absolute Gasteiger partial charge is 0.162 e. The SMILES string of the molecule is c1ccc(-c2cc(-c3ccc(-n4c5ccccc5c5ccccc54)cc3)nc(-c3ccc(-c4cccc5nc(-c6cccc7ccccc67)c6oc7ccccc7c6c45)cc3)n2)cc1.